The zero-order valence-electron chi connectivity index (χ0n) is 17.0. The maximum Gasteiger partial charge on any atom is 0.303 e. The highest BCUT2D eigenvalue weighted by Crippen LogP contribution is 2.21. The molecule has 0 aliphatic heterocycles. The van der Waals surface area contributed by atoms with Gasteiger partial charge in [-0.3, -0.25) is 4.79 Å². The summed E-state index contributed by atoms with van der Waals surface area (Å²) in [7, 11) is 0. The Balaban J connectivity index is 1.68. The van der Waals surface area contributed by atoms with Crippen molar-refractivity contribution in [1.82, 2.24) is 0 Å². The van der Waals surface area contributed by atoms with Crippen LogP contribution < -0.4 is 4.74 Å². The van der Waals surface area contributed by atoms with Gasteiger partial charge in [0.1, 0.15) is 5.75 Å². The number of carboxylic acids is 1. The van der Waals surface area contributed by atoms with Gasteiger partial charge in [0.15, 0.2) is 0 Å². The zero-order valence-corrected chi connectivity index (χ0v) is 17.0. The average Bonchev–Trinajstić information content (AvgIpc) is 2.73. The summed E-state index contributed by atoms with van der Waals surface area (Å²) in [6.45, 7) is 0.678. The number of aryl methyl sites for hydroxylation is 1. The lowest BCUT2D eigenvalue weighted by Gasteiger charge is -2.10. The number of carbonyl (C=O) groups is 1. The van der Waals surface area contributed by atoms with Gasteiger partial charge in [-0.2, -0.15) is 0 Å². The van der Waals surface area contributed by atoms with Gasteiger partial charge in [0.25, 0.3) is 0 Å². The van der Waals surface area contributed by atoms with Crippen molar-refractivity contribution in [2.75, 3.05) is 6.61 Å². The first kappa shape index (κ1) is 22.7. The van der Waals surface area contributed by atoms with E-state index < -0.39 is 12.1 Å². The van der Waals surface area contributed by atoms with Gasteiger partial charge in [-0.1, -0.05) is 60.7 Å². The van der Waals surface area contributed by atoms with Gasteiger partial charge in [0.05, 0.1) is 12.7 Å². The van der Waals surface area contributed by atoms with Crippen LogP contribution in [-0.2, 0) is 11.2 Å². The van der Waals surface area contributed by atoms with E-state index in [9.17, 15) is 9.90 Å². The minimum atomic E-state index is -0.791. The van der Waals surface area contributed by atoms with Gasteiger partial charge in [0.2, 0.25) is 0 Å². The van der Waals surface area contributed by atoms with Crippen molar-refractivity contribution in [3.8, 4) is 5.75 Å². The molecule has 0 fully saturated rings. The number of aliphatic carboxylic acids is 1. The summed E-state index contributed by atoms with van der Waals surface area (Å²) in [4.78, 5) is 10.5. The molecule has 156 valence electrons. The van der Waals surface area contributed by atoms with Crippen molar-refractivity contribution in [2.24, 2.45) is 0 Å². The van der Waals surface area contributed by atoms with E-state index >= 15 is 0 Å². The van der Waals surface area contributed by atoms with Crippen molar-refractivity contribution in [3.05, 3.63) is 71.8 Å². The molecular formula is C25H32O4. The second-order valence-electron chi connectivity index (χ2n) is 7.25. The molecule has 2 aromatic rings. The standard InChI is InChI=1S/C25H32O4/c26-23(15-7-9-17-25(27)28)19-18-22-14-6-8-16-24(22)29-20-10-2-5-13-21-11-3-1-4-12-21/h1,3-4,6,8,11-12,14,16,18-19,23,26H,2,5,7,9-10,13,15,17,20H2,(H,27,28). The van der Waals surface area contributed by atoms with E-state index in [4.69, 9.17) is 9.84 Å². The molecule has 2 N–H and O–H groups in total. The van der Waals surface area contributed by atoms with Crippen LogP contribution in [0.25, 0.3) is 6.08 Å². The Hall–Kier alpha value is -2.59. The zero-order chi connectivity index (χ0) is 20.7. The van der Waals surface area contributed by atoms with Gasteiger partial charge in [-0.05, 0) is 56.6 Å². The van der Waals surface area contributed by atoms with E-state index in [1.54, 1.807) is 6.08 Å². The molecule has 0 spiro atoms. The van der Waals surface area contributed by atoms with Gasteiger partial charge in [0, 0.05) is 12.0 Å². The molecule has 0 heterocycles. The molecule has 2 aromatic carbocycles. The normalized spacial score (nSPS) is 12.2. The average molecular weight is 397 g/mol. The third-order valence-electron chi connectivity index (χ3n) is 4.77. The van der Waals surface area contributed by atoms with E-state index in [1.807, 2.05) is 36.4 Å². The Bertz CT molecular complexity index is 739. The number of aliphatic hydroxyl groups excluding tert-OH is 1. The summed E-state index contributed by atoms with van der Waals surface area (Å²) in [5, 5.41) is 18.7. The number of rotatable bonds is 14. The summed E-state index contributed by atoms with van der Waals surface area (Å²) in [5.74, 6) is 0.0334. The van der Waals surface area contributed by atoms with E-state index in [0.717, 1.165) is 37.0 Å². The quantitative estimate of drug-likeness (QED) is 0.414. The molecule has 0 aliphatic rings. The Morgan fingerprint density at radius 2 is 1.69 bits per heavy atom. The second-order valence-corrected chi connectivity index (χ2v) is 7.25. The van der Waals surface area contributed by atoms with Crippen LogP contribution in [0.5, 0.6) is 5.75 Å². The van der Waals surface area contributed by atoms with Crippen molar-refractivity contribution in [1.29, 1.82) is 0 Å². The molecule has 1 atom stereocenters. The van der Waals surface area contributed by atoms with Crippen molar-refractivity contribution in [2.45, 2.75) is 57.5 Å². The fraction of sp³-hybridized carbons (Fsp3) is 0.400. The fourth-order valence-electron chi connectivity index (χ4n) is 3.13. The molecule has 0 saturated carbocycles. The lowest BCUT2D eigenvalue weighted by molar-refractivity contribution is -0.137. The van der Waals surface area contributed by atoms with Crippen LogP contribution in [0, 0.1) is 0 Å². The Kier molecular flexibility index (Phi) is 10.6. The molecule has 4 heteroatoms. The van der Waals surface area contributed by atoms with E-state index in [1.165, 1.54) is 5.56 Å². The second kappa shape index (κ2) is 13.6. The third-order valence-corrected chi connectivity index (χ3v) is 4.77. The molecule has 0 aliphatic carbocycles. The number of unbranched alkanes of at least 4 members (excludes halogenated alkanes) is 3. The molecule has 0 amide bonds. The number of hydrogen-bond acceptors (Lipinski definition) is 3. The van der Waals surface area contributed by atoms with Crippen LogP contribution >= 0.6 is 0 Å². The van der Waals surface area contributed by atoms with Gasteiger partial charge in [-0.25, -0.2) is 0 Å². The van der Waals surface area contributed by atoms with Crippen LogP contribution in [0.1, 0.15) is 56.1 Å². The molecular weight excluding hydrogens is 364 g/mol. The van der Waals surface area contributed by atoms with E-state index in [0.29, 0.717) is 25.9 Å². The minimum Gasteiger partial charge on any atom is -0.493 e. The van der Waals surface area contributed by atoms with E-state index in [-0.39, 0.29) is 6.42 Å². The van der Waals surface area contributed by atoms with Crippen LogP contribution in [0.2, 0.25) is 0 Å². The lowest BCUT2D eigenvalue weighted by Crippen LogP contribution is -2.03. The Morgan fingerprint density at radius 3 is 2.48 bits per heavy atom. The van der Waals surface area contributed by atoms with Gasteiger partial charge >= 0.3 is 5.97 Å². The maximum absolute atomic E-state index is 10.5. The monoisotopic (exact) mass is 396 g/mol. The Morgan fingerprint density at radius 1 is 0.931 bits per heavy atom. The number of hydrogen-bond donors (Lipinski definition) is 2. The predicted molar refractivity (Wildman–Crippen MR) is 117 cm³/mol. The highest BCUT2D eigenvalue weighted by atomic mass is 16.5. The molecule has 1 unspecified atom stereocenters. The summed E-state index contributed by atoms with van der Waals surface area (Å²) in [6.07, 6.45) is 9.45. The SMILES string of the molecule is O=C(O)CCCCC(O)C=Cc1ccccc1OCCCCCc1ccccc1. The highest BCUT2D eigenvalue weighted by molar-refractivity contribution is 5.66. The number of para-hydroxylation sites is 1. The molecule has 0 bridgehead atoms. The molecule has 2 rings (SSSR count). The Labute approximate surface area is 173 Å². The van der Waals surface area contributed by atoms with E-state index in [2.05, 4.69) is 24.3 Å². The van der Waals surface area contributed by atoms with Gasteiger partial charge < -0.3 is 14.9 Å². The summed E-state index contributed by atoms with van der Waals surface area (Å²) >= 11 is 0. The fourth-order valence-corrected chi connectivity index (χ4v) is 3.13. The molecule has 0 radical (unpaired) electrons. The lowest BCUT2D eigenvalue weighted by atomic mass is 10.1. The summed E-state index contributed by atoms with van der Waals surface area (Å²) in [5.41, 5.74) is 2.33. The molecule has 29 heavy (non-hydrogen) atoms. The topological polar surface area (TPSA) is 66.8 Å². The number of benzene rings is 2. The number of ether oxygens (including phenoxy) is 1. The van der Waals surface area contributed by atoms with Crippen LogP contribution in [0.15, 0.2) is 60.7 Å². The maximum atomic E-state index is 10.5. The minimum absolute atomic E-state index is 0.151. The van der Waals surface area contributed by atoms with Crippen LogP contribution in [0.4, 0.5) is 0 Å². The van der Waals surface area contributed by atoms with Crippen LogP contribution in [-0.4, -0.2) is 28.9 Å². The molecule has 0 saturated heterocycles. The van der Waals surface area contributed by atoms with Crippen molar-refractivity contribution >= 4 is 12.0 Å². The molecule has 4 nitrogen and oxygen atoms in total. The smallest absolute Gasteiger partial charge is 0.303 e. The molecule has 0 aromatic heterocycles. The van der Waals surface area contributed by atoms with Gasteiger partial charge in [-0.15, -0.1) is 0 Å². The third kappa shape index (κ3) is 9.95. The van der Waals surface area contributed by atoms with Crippen molar-refractivity contribution in [3.63, 3.8) is 0 Å². The number of carboxylic acid groups (broad SMARTS) is 1. The predicted octanol–water partition coefficient (Wildman–Crippen LogP) is 5.50. The van der Waals surface area contributed by atoms with Crippen molar-refractivity contribution < 1.29 is 19.7 Å². The first-order valence-corrected chi connectivity index (χ1v) is 10.5. The largest absolute Gasteiger partial charge is 0.493 e. The highest BCUT2D eigenvalue weighted by Gasteiger charge is 2.04. The summed E-state index contributed by atoms with van der Waals surface area (Å²) in [6, 6.07) is 18.4. The summed E-state index contributed by atoms with van der Waals surface area (Å²) < 4.78 is 5.95. The number of aliphatic hydroxyl groups is 1. The first-order chi connectivity index (χ1) is 14.1. The van der Waals surface area contributed by atoms with Crippen LogP contribution in [0.3, 0.4) is 0 Å². The first-order valence-electron chi connectivity index (χ1n) is 10.5.